The first-order valence-electron chi connectivity index (χ1n) is 7.23. The third-order valence-corrected chi connectivity index (χ3v) is 3.69. The number of pyridine rings is 1. The molecule has 1 aromatic carbocycles. The number of benzene rings is 1. The lowest BCUT2D eigenvalue weighted by Gasteiger charge is -2.07. The van der Waals surface area contributed by atoms with Crippen LogP contribution < -0.4 is 10.6 Å². The van der Waals surface area contributed by atoms with Crippen molar-refractivity contribution >= 4 is 33.3 Å². The van der Waals surface area contributed by atoms with Crippen LogP contribution in [0.15, 0.2) is 65.5 Å². The van der Waals surface area contributed by atoms with E-state index < -0.39 is 0 Å². The number of amides is 1. The molecule has 3 rings (SSSR count). The van der Waals surface area contributed by atoms with Gasteiger partial charge in [0, 0.05) is 16.4 Å². The van der Waals surface area contributed by atoms with E-state index in [2.05, 4.69) is 41.5 Å². The van der Waals surface area contributed by atoms with Gasteiger partial charge >= 0.3 is 0 Å². The zero-order chi connectivity index (χ0) is 16.8. The highest BCUT2D eigenvalue weighted by Crippen LogP contribution is 2.17. The molecule has 24 heavy (non-hydrogen) atoms. The third-order valence-electron chi connectivity index (χ3n) is 3.16. The van der Waals surface area contributed by atoms with E-state index in [1.165, 1.54) is 12.4 Å². The van der Waals surface area contributed by atoms with Gasteiger partial charge in [-0.25, -0.2) is 9.97 Å². The Balaban J connectivity index is 1.59. The number of halogens is 1. The van der Waals surface area contributed by atoms with Crippen LogP contribution in [0, 0.1) is 0 Å². The molecule has 0 aliphatic carbocycles. The van der Waals surface area contributed by atoms with Gasteiger partial charge in [-0.1, -0.05) is 22.0 Å². The number of carbonyl (C=O) groups excluding carboxylic acids is 1. The Hall–Kier alpha value is -2.80. The summed E-state index contributed by atoms with van der Waals surface area (Å²) in [5.41, 5.74) is 1.93. The minimum Gasteiger partial charge on any atom is -0.345 e. The number of anilines is 2. The zero-order valence-electron chi connectivity index (χ0n) is 12.6. The number of nitrogens with zero attached hydrogens (tertiary/aromatic N) is 3. The van der Waals surface area contributed by atoms with Gasteiger partial charge in [-0.3, -0.25) is 9.78 Å². The minimum atomic E-state index is -0.289. The first-order valence-corrected chi connectivity index (χ1v) is 8.03. The summed E-state index contributed by atoms with van der Waals surface area (Å²) in [5.74, 6) is 0.280. The summed E-state index contributed by atoms with van der Waals surface area (Å²) in [6, 6.07) is 13.2. The predicted molar refractivity (Wildman–Crippen MR) is 94.9 cm³/mol. The first kappa shape index (κ1) is 16.1. The maximum absolute atomic E-state index is 12.1. The molecule has 2 aromatic heterocycles. The van der Waals surface area contributed by atoms with Crippen molar-refractivity contribution in [2.45, 2.75) is 6.54 Å². The van der Waals surface area contributed by atoms with Crippen LogP contribution in [0.5, 0.6) is 0 Å². The van der Waals surface area contributed by atoms with Crippen molar-refractivity contribution in [1.29, 1.82) is 0 Å². The topological polar surface area (TPSA) is 79.8 Å². The maximum atomic E-state index is 12.1. The normalized spacial score (nSPS) is 10.2. The van der Waals surface area contributed by atoms with E-state index in [1.807, 2.05) is 42.5 Å². The van der Waals surface area contributed by atoms with Gasteiger partial charge < -0.3 is 10.6 Å². The van der Waals surface area contributed by atoms with Gasteiger partial charge in [0.25, 0.3) is 5.91 Å². The molecule has 7 heteroatoms. The highest BCUT2D eigenvalue weighted by Gasteiger charge is 2.08. The van der Waals surface area contributed by atoms with Crippen LogP contribution in [-0.2, 0) is 6.54 Å². The van der Waals surface area contributed by atoms with Gasteiger partial charge in [0.15, 0.2) is 0 Å². The van der Waals surface area contributed by atoms with Crippen LogP contribution >= 0.6 is 15.9 Å². The Kier molecular flexibility index (Phi) is 5.12. The standard InChI is InChI=1S/C17H14BrN5O/c18-12-4-6-13(7-5-12)23-16-11-20-15(10-21-16)17(24)22-9-14-3-1-2-8-19-14/h1-8,10-11H,9H2,(H,21,23)(H,22,24). The van der Waals surface area contributed by atoms with Crippen LogP contribution in [0.2, 0.25) is 0 Å². The molecule has 0 saturated heterocycles. The van der Waals surface area contributed by atoms with Gasteiger partial charge in [0.1, 0.15) is 11.5 Å². The van der Waals surface area contributed by atoms with E-state index in [0.29, 0.717) is 12.4 Å². The van der Waals surface area contributed by atoms with Crippen molar-refractivity contribution in [3.8, 4) is 0 Å². The molecule has 1 amide bonds. The summed E-state index contributed by atoms with van der Waals surface area (Å²) in [4.78, 5) is 24.6. The Labute approximate surface area is 147 Å². The highest BCUT2D eigenvalue weighted by atomic mass is 79.9. The van der Waals surface area contributed by atoms with E-state index in [1.54, 1.807) is 6.20 Å². The molecule has 0 bridgehead atoms. The van der Waals surface area contributed by atoms with Crippen LogP contribution in [0.25, 0.3) is 0 Å². The molecule has 3 aromatic rings. The Morgan fingerprint density at radius 1 is 1.00 bits per heavy atom. The second kappa shape index (κ2) is 7.65. The molecular formula is C17H14BrN5O. The molecule has 2 N–H and O–H groups in total. The van der Waals surface area contributed by atoms with Crippen LogP contribution in [-0.4, -0.2) is 20.9 Å². The summed E-state index contributed by atoms with van der Waals surface area (Å²) in [6.45, 7) is 0.347. The third kappa shape index (κ3) is 4.36. The Bertz CT molecular complexity index is 807. The molecule has 0 saturated carbocycles. The fourth-order valence-electron chi connectivity index (χ4n) is 1.96. The molecule has 0 aliphatic heterocycles. The van der Waals surface area contributed by atoms with Crippen LogP contribution in [0.1, 0.15) is 16.2 Å². The number of nitrogens with one attached hydrogen (secondary N) is 2. The number of aromatic nitrogens is 3. The van der Waals surface area contributed by atoms with Crippen molar-refractivity contribution in [2.24, 2.45) is 0 Å². The van der Waals surface area contributed by atoms with E-state index >= 15 is 0 Å². The molecule has 0 spiro atoms. The van der Waals surface area contributed by atoms with Gasteiger partial charge in [-0.2, -0.15) is 0 Å². The summed E-state index contributed by atoms with van der Waals surface area (Å²) >= 11 is 3.38. The molecule has 2 heterocycles. The molecule has 0 radical (unpaired) electrons. The number of hydrogen-bond donors (Lipinski definition) is 2. The summed E-state index contributed by atoms with van der Waals surface area (Å²) in [7, 11) is 0. The van der Waals surface area contributed by atoms with Crippen LogP contribution in [0.3, 0.4) is 0 Å². The van der Waals surface area contributed by atoms with E-state index in [4.69, 9.17) is 0 Å². The monoisotopic (exact) mass is 383 g/mol. The molecule has 0 fully saturated rings. The summed E-state index contributed by atoms with van der Waals surface area (Å²) < 4.78 is 0.999. The van der Waals surface area contributed by atoms with Gasteiger partial charge in [-0.15, -0.1) is 0 Å². The van der Waals surface area contributed by atoms with Gasteiger partial charge in [-0.05, 0) is 36.4 Å². The second-order valence-corrected chi connectivity index (χ2v) is 5.84. The van der Waals surface area contributed by atoms with Crippen molar-refractivity contribution in [3.63, 3.8) is 0 Å². The average Bonchev–Trinajstić information content (AvgIpc) is 2.63. The smallest absolute Gasteiger partial charge is 0.271 e. The summed E-state index contributed by atoms with van der Waals surface area (Å²) in [5, 5.41) is 5.88. The first-order chi connectivity index (χ1) is 11.7. The van der Waals surface area contributed by atoms with Crippen molar-refractivity contribution in [1.82, 2.24) is 20.3 Å². The van der Waals surface area contributed by atoms with E-state index in [-0.39, 0.29) is 11.6 Å². The number of hydrogen-bond acceptors (Lipinski definition) is 5. The predicted octanol–water partition coefficient (Wildman–Crippen LogP) is 3.31. The molecular weight excluding hydrogens is 370 g/mol. The maximum Gasteiger partial charge on any atom is 0.271 e. The molecule has 6 nitrogen and oxygen atoms in total. The fourth-order valence-corrected chi connectivity index (χ4v) is 2.22. The lowest BCUT2D eigenvalue weighted by Crippen LogP contribution is -2.24. The second-order valence-electron chi connectivity index (χ2n) is 4.92. The fraction of sp³-hybridized carbons (Fsp3) is 0.0588. The molecule has 0 atom stereocenters. The number of carbonyl (C=O) groups is 1. The van der Waals surface area contributed by atoms with Crippen molar-refractivity contribution in [2.75, 3.05) is 5.32 Å². The summed E-state index contributed by atoms with van der Waals surface area (Å²) in [6.07, 6.45) is 4.65. The van der Waals surface area contributed by atoms with E-state index in [0.717, 1.165) is 15.9 Å². The zero-order valence-corrected chi connectivity index (χ0v) is 14.2. The highest BCUT2D eigenvalue weighted by molar-refractivity contribution is 9.10. The molecule has 0 aliphatic rings. The van der Waals surface area contributed by atoms with Gasteiger partial charge in [0.2, 0.25) is 0 Å². The quantitative estimate of drug-likeness (QED) is 0.706. The van der Waals surface area contributed by atoms with Crippen LogP contribution in [0.4, 0.5) is 11.5 Å². The SMILES string of the molecule is O=C(NCc1ccccn1)c1cnc(Nc2ccc(Br)cc2)cn1. The Morgan fingerprint density at radius 3 is 2.50 bits per heavy atom. The largest absolute Gasteiger partial charge is 0.345 e. The number of rotatable bonds is 5. The van der Waals surface area contributed by atoms with Gasteiger partial charge in [0.05, 0.1) is 24.6 Å². The lowest BCUT2D eigenvalue weighted by atomic mass is 10.3. The van der Waals surface area contributed by atoms with E-state index in [9.17, 15) is 4.79 Å². The lowest BCUT2D eigenvalue weighted by molar-refractivity contribution is 0.0945. The van der Waals surface area contributed by atoms with Crippen molar-refractivity contribution < 1.29 is 4.79 Å². The molecule has 0 unspecified atom stereocenters. The molecule has 120 valence electrons. The Morgan fingerprint density at radius 2 is 1.83 bits per heavy atom. The van der Waals surface area contributed by atoms with Crippen molar-refractivity contribution in [3.05, 3.63) is 76.9 Å². The minimum absolute atomic E-state index is 0.257. The average molecular weight is 384 g/mol.